The first-order chi connectivity index (χ1) is 6.79. The van der Waals surface area contributed by atoms with Gasteiger partial charge in [0.2, 0.25) is 0 Å². The van der Waals surface area contributed by atoms with E-state index >= 15 is 0 Å². The van der Waals surface area contributed by atoms with Gasteiger partial charge < -0.3 is 5.41 Å². The van der Waals surface area contributed by atoms with Gasteiger partial charge in [0, 0.05) is 0 Å². The summed E-state index contributed by atoms with van der Waals surface area (Å²) in [6.07, 6.45) is 1.71. The van der Waals surface area contributed by atoms with Crippen LogP contribution in [0.3, 0.4) is 0 Å². The monoisotopic (exact) mass is 186 g/mol. The summed E-state index contributed by atoms with van der Waals surface area (Å²) in [4.78, 5) is 0. The molecule has 0 aliphatic carbocycles. The zero-order valence-electron chi connectivity index (χ0n) is 8.33. The number of nitrogens with one attached hydrogen (secondary N) is 1. The first-order valence-corrected chi connectivity index (χ1v) is 4.83. The van der Waals surface area contributed by atoms with Crippen molar-refractivity contribution in [1.29, 1.82) is 10.7 Å². The molecule has 0 heterocycles. The van der Waals surface area contributed by atoms with Crippen LogP contribution in [0, 0.1) is 22.7 Å². The van der Waals surface area contributed by atoms with Gasteiger partial charge in [-0.3, -0.25) is 0 Å². The van der Waals surface area contributed by atoms with Crippen molar-refractivity contribution in [3.05, 3.63) is 35.9 Å². The molecule has 0 amide bonds. The van der Waals surface area contributed by atoms with Crippen molar-refractivity contribution >= 4 is 5.71 Å². The van der Waals surface area contributed by atoms with E-state index in [-0.39, 0.29) is 5.92 Å². The van der Waals surface area contributed by atoms with Gasteiger partial charge >= 0.3 is 0 Å². The third kappa shape index (κ3) is 2.43. The van der Waals surface area contributed by atoms with Crippen LogP contribution in [-0.2, 0) is 0 Å². The number of hydrogen-bond donors (Lipinski definition) is 1. The molecule has 0 spiro atoms. The molecule has 0 saturated heterocycles. The van der Waals surface area contributed by atoms with E-state index in [1.165, 1.54) is 0 Å². The number of nitriles is 1. The van der Waals surface area contributed by atoms with Crippen LogP contribution in [0.4, 0.5) is 0 Å². The summed E-state index contributed by atoms with van der Waals surface area (Å²) < 4.78 is 0. The van der Waals surface area contributed by atoms with E-state index in [0.29, 0.717) is 5.71 Å². The molecule has 14 heavy (non-hydrogen) atoms. The molecule has 1 unspecified atom stereocenters. The molecule has 0 fully saturated rings. The van der Waals surface area contributed by atoms with Gasteiger partial charge in [-0.05, 0) is 12.0 Å². The number of nitrogens with zero attached hydrogens (tertiary/aromatic N) is 1. The molecule has 1 aromatic carbocycles. The second kappa shape index (κ2) is 5.18. The van der Waals surface area contributed by atoms with E-state index in [4.69, 9.17) is 10.7 Å². The van der Waals surface area contributed by atoms with Crippen LogP contribution in [0.1, 0.15) is 25.3 Å². The summed E-state index contributed by atoms with van der Waals surface area (Å²) >= 11 is 0. The van der Waals surface area contributed by atoms with Gasteiger partial charge in [-0.2, -0.15) is 5.26 Å². The molecule has 0 saturated carbocycles. The summed E-state index contributed by atoms with van der Waals surface area (Å²) in [7, 11) is 0. The maximum absolute atomic E-state index is 8.90. The Morgan fingerprint density at radius 1 is 1.43 bits per heavy atom. The summed E-state index contributed by atoms with van der Waals surface area (Å²) in [6.45, 7) is 2.03. The van der Waals surface area contributed by atoms with E-state index in [2.05, 4.69) is 6.07 Å². The lowest BCUT2D eigenvalue weighted by Gasteiger charge is -2.09. The Bertz CT molecular complexity index is 335. The minimum Gasteiger partial charge on any atom is -0.303 e. The second-order valence-corrected chi connectivity index (χ2v) is 3.25. The fraction of sp³-hybridized carbons (Fsp3) is 0.333. The van der Waals surface area contributed by atoms with E-state index in [1.54, 1.807) is 0 Å². The van der Waals surface area contributed by atoms with Crippen LogP contribution < -0.4 is 0 Å². The highest BCUT2D eigenvalue weighted by molar-refractivity contribution is 6.01. The predicted molar refractivity (Wildman–Crippen MR) is 57.3 cm³/mol. The number of rotatable bonds is 4. The number of hydrogen-bond acceptors (Lipinski definition) is 2. The van der Waals surface area contributed by atoms with Crippen molar-refractivity contribution in [3.8, 4) is 6.07 Å². The largest absolute Gasteiger partial charge is 0.303 e. The lowest BCUT2D eigenvalue weighted by Crippen LogP contribution is -2.12. The predicted octanol–water partition coefficient (Wildman–Crippen LogP) is 2.99. The first kappa shape index (κ1) is 10.5. The standard InChI is InChI=1S/C12H14N2/c1-2-6-11(9-13)12(14)10-7-4-3-5-8-10/h3-5,7-8,11,14H,2,6H2,1H3. The third-order valence-electron chi connectivity index (χ3n) is 2.17. The Balaban J connectivity index is 2.80. The molecule has 0 bridgehead atoms. The van der Waals surface area contributed by atoms with Crippen molar-refractivity contribution in [1.82, 2.24) is 0 Å². The van der Waals surface area contributed by atoms with E-state index in [1.807, 2.05) is 37.3 Å². The van der Waals surface area contributed by atoms with Crippen LogP contribution >= 0.6 is 0 Å². The van der Waals surface area contributed by atoms with Gasteiger partial charge in [0.15, 0.2) is 0 Å². The Kier molecular flexibility index (Phi) is 3.87. The minimum atomic E-state index is -0.262. The van der Waals surface area contributed by atoms with Crippen molar-refractivity contribution in [3.63, 3.8) is 0 Å². The fourth-order valence-electron chi connectivity index (χ4n) is 1.38. The van der Waals surface area contributed by atoms with Gasteiger partial charge in [-0.25, -0.2) is 0 Å². The van der Waals surface area contributed by atoms with Crippen LogP contribution in [-0.4, -0.2) is 5.71 Å². The Morgan fingerprint density at radius 3 is 2.57 bits per heavy atom. The third-order valence-corrected chi connectivity index (χ3v) is 2.17. The lowest BCUT2D eigenvalue weighted by molar-refractivity contribution is 0.728. The summed E-state index contributed by atoms with van der Waals surface area (Å²) in [5.41, 5.74) is 1.29. The maximum Gasteiger partial charge on any atom is 0.0883 e. The van der Waals surface area contributed by atoms with Gasteiger partial charge in [-0.1, -0.05) is 43.7 Å². The smallest absolute Gasteiger partial charge is 0.0883 e. The van der Waals surface area contributed by atoms with Crippen LogP contribution in [0.15, 0.2) is 30.3 Å². The van der Waals surface area contributed by atoms with Crippen molar-refractivity contribution in [2.45, 2.75) is 19.8 Å². The van der Waals surface area contributed by atoms with Crippen LogP contribution in [0.25, 0.3) is 0 Å². The van der Waals surface area contributed by atoms with Crippen LogP contribution in [0.2, 0.25) is 0 Å². The molecular weight excluding hydrogens is 172 g/mol. The van der Waals surface area contributed by atoms with Crippen molar-refractivity contribution in [2.24, 2.45) is 5.92 Å². The Morgan fingerprint density at radius 2 is 2.07 bits per heavy atom. The molecule has 0 aliphatic rings. The second-order valence-electron chi connectivity index (χ2n) is 3.25. The molecule has 0 radical (unpaired) electrons. The van der Waals surface area contributed by atoms with Crippen LogP contribution in [0.5, 0.6) is 0 Å². The molecule has 1 N–H and O–H groups in total. The molecule has 1 atom stereocenters. The number of benzene rings is 1. The Hall–Kier alpha value is -1.62. The van der Waals surface area contributed by atoms with Crippen molar-refractivity contribution < 1.29 is 0 Å². The van der Waals surface area contributed by atoms with Gasteiger partial charge in [0.05, 0.1) is 17.7 Å². The normalized spacial score (nSPS) is 11.7. The molecule has 0 aromatic heterocycles. The zero-order valence-corrected chi connectivity index (χ0v) is 8.33. The lowest BCUT2D eigenvalue weighted by atomic mass is 9.94. The van der Waals surface area contributed by atoms with Gasteiger partial charge in [-0.15, -0.1) is 0 Å². The molecule has 1 rings (SSSR count). The highest BCUT2D eigenvalue weighted by Crippen LogP contribution is 2.13. The highest BCUT2D eigenvalue weighted by Gasteiger charge is 2.13. The van der Waals surface area contributed by atoms with E-state index in [9.17, 15) is 0 Å². The molecule has 72 valence electrons. The fourth-order valence-corrected chi connectivity index (χ4v) is 1.38. The van der Waals surface area contributed by atoms with Crippen molar-refractivity contribution in [2.75, 3.05) is 0 Å². The highest BCUT2D eigenvalue weighted by atomic mass is 14.5. The molecular formula is C12H14N2. The average molecular weight is 186 g/mol. The van der Waals surface area contributed by atoms with Gasteiger partial charge in [0.1, 0.15) is 0 Å². The molecule has 1 aromatic rings. The molecule has 2 heteroatoms. The first-order valence-electron chi connectivity index (χ1n) is 4.83. The quantitative estimate of drug-likeness (QED) is 0.722. The van der Waals surface area contributed by atoms with E-state index < -0.39 is 0 Å². The SMILES string of the molecule is CCCC(C#N)C(=N)c1ccccc1. The minimum absolute atomic E-state index is 0.262. The summed E-state index contributed by atoms with van der Waals surface area (Å²) in [5.74, 6) is -0.262. The van der Waals surface area contributed by atoms with E-state index in [0.717, 1.165) is 18.4 Å². The summed E-state index contributed by atoms with van der Waals surface area (Å²) in [5, 5.41) is 16.8. The topological polar surface area (TPSA) is 47.6 Å². The Labute approximate surface area is 84.7 Å². The maximum atomic E-state index is 8.90. The van der Waals surface area contributed by atoms with Gasteiger partial charge in [0.25, 0.3) is 0 Å². The molecule has 0 aliphatic heterocycles. The average Bonchev–Trinajstić information content (AvgIpc) is 2.26. The molecule has 2 nitrogen and oxygen atoms in total. The summed E-state index contributed by atoms with van der Waals surface area (Å²) in [6, 6.07) is 11.6. The zero-order chi connectivity index (χ0) is 10.4.